The number of halogens is 7. The van der Waals surface area contributed by atoms with Crippen molar-refractivity contribution in [3.05, 3.63) is 65.0 Å². The lowest BCUT2D eigenvalue weighted by molar-refractivity contribution is -0.143. The summed E-state index contributed by atoms with van der Waals surface area (Å²) in [5, 5.41) is 0. The molecule has 2 aromatic carbocycles. The normalized spacial score (nSPS) is 16.3. The van der Waals surface area contributed by atoms with Crippen LogP contribution in [-0.2, 0) is 22.4 Å². The van der Waals surface area contributed by atoms with Crippen molar-refractivity contribution in [1.29, 1.82) is 0 Å². The van der Waals surface area contributed by atoms with E-state index < -0.39 is 50.1 Å². The fourth-order valence-corrected chi connectivity index (χ4v) is 4.65. The molecule has 1 heterocycles. The van der Waals surface area contributed by atoms with Gasteiger partial charge in [0.1, 0.15) is 5.82 Å². The van der Waals surface area contributed by atoms with Crippen LogP contribution < -0.4 is 0 Å². The Morgan fingerprint density at radius 3 is 1.81 bits per heavy atom. The van der Waals surface area contributed by atoms with Crippen molar-refractivity contribution in [2.24, 2.45) is 0 Å². The predicted octanol–water partition coefficient (Wildman–Crippen LogP) is 4.01. The summed E-state index contributed by atoms with van der Waals surface area (Å²) in [7, 11) is -4.71. The average molecular weight is 484 g/mol. The third kappa shape index (κ3) is 5.04. The summed E-state index contributed by atoms with van der Waals surface area (Å²) in [5.41, 5.74) is -3.47. The third-order valence-corrected chi connectivity index (χ3v) is 6.67. The molecular formula is C19H15F7N2O3S. The highest BCUT2D eigenvalue weighted by Crippen LogP contribution is 2.37. The molecule has 0 spiro atoms. The van der Waals surface area contributed by atoms with Gasteiger partial charge in [0.2, 0.25) is 10.0 Å². The minimum Gasteiger partial charge on any atom is -0.336 e. The lowest BCUT2D eigenvalue weighted by Gasteiger charge is -2.34. The van der Waals surface area contributed by atoms with Gasteiger partial charge in [-0.1, -0.05) is 6.07 Å². The fourth-order valence-electron chi connectivity index (χ4n) is 3.16. The molecule has 1 saturated heterocycles. The molecule has 2 aromatic rings. The second-order valence-electron chi connectivity index (χ2n) is 6.95. The summed E-state index contributed by atoms with van der Waals surface area (Å²) in [6, 6.07) is 4.93. The molecule has 1 fully saturated rings. The molecule has 0 atom stereocenters. The number of amides is 1. The topological polar surface area (TPSA) is 57.7 Å². The van der Waals surface area contributed by atoms with E-state index >= 15 is 0 Å². The molecule has 0 bridgehead atoms. The number of carbonyl (C=O) groups is 1. The van der Waals surface area contributed by atoms with Gasteiger partial charge in [0.25, 0.3) is 5.91 Å². The van der Waals surface area contributed by atoms with Crippen LogP contribution in [0.2, 0.25) is 0 Å². The van der Waals surface area contributed by atoms with Gasteiger partial charge in [-0.25, -0.2) is 12.8 Å². The summed E-state index contributed by atoms with van der Waals surface area (Å²) in [5.74, 6) is -1.23. The van der Waals surface area contributed by atoms with Crippen LogP contribution in [0.5, 0.6) is 0 Å². The molecule has 5 nitrogen and oxygen atoms in total. The van der Waals surface area contributed by atoms with E-state index in [0.717, 1.165) is 12.1 Å². The molecule has 1 aliphatic rings. The van der Waals surface area contributed by atoms with Gasteiger partial charge in [-0.3, -0.25) is 4.79 Å². The molecule has 0 N–H and O–H groups in total. The van der Waals surface area contributed by atoms with Crippen molar-refractivity contribution in [1.82, 2.24) is 9.21 Å². The average Bonchev–Trinajstić information content (AvgIpc) is 2.71. The van der Waals surface area contributed by atoms with E-state index in [4.69, 9.17) is 0 Å². The van der Waals surface area contributed by atoms with Crippen molar-refractivity contribution in [3.8, 4) is 0 Å². The first-order valence-corrected chi connectivity index (χ1v) is 10.5. The molecule has 1 amide bonds. The lowest BCUT2D eigenvalue weighted by atomic mass is 10.1. The second-order valence-corrected chi connectivity index (χ2v) is 8.89. The molecular weight excluding hydrogens is 469 g/mol. The van der Waals surface area contributed by atoms with Crippen molar-refractivity contribution >= 4 is 15.9 Å². The Hall–Kier alpha value is -2.67. The van der Waals surface area contributed by atoms with Crippen LogP contribution in [0.25, 0.3) is 0 Å². The second kappa shape index (κ2) is 8.35. The Bertz CT molecular complexity index is 1090. The van der Waals surface area contributed by atoms with Crippen LogP contribution in [0, 0.1) is 5.82 Å². The van der Waals surface area contributed by atoms with Crippen LogP contribution in [0.4, 0.5) is 30.7 Å². The number of hydrogen-bond donors (Lipinski definition) is 0. The molecule has 13 heteroatoms. The zero-order valence-corrected chi connectivity index (χ0v) is 16.9. The zero-order chi connectivity index (χ0) is 23.9. The van der Waals surface area contributed by atoms with Crippen LogP contribution in [0.15, 0.2) is 47.4 Å². The Labute approximate surface area is 178 Å². The standard InChI is InChI=1S/C19H15F7N2O3S/c20-15-3-1-2-12(8-15)17(29)27-4-6-28(7-5-27)32(30,31)16-10-13(18(21,22)23)9-14(11-16)19(24,25)26/h1-3,8-11H,4-7H2. The largest absolute Gasteiger partial charge is 0.416 e. The first-order chi connectivity index (χ1) is 14.7. The van der Waals surface area contributed by atoms with Gasteiger partial charge < -0.3 is 4.90 Å². The number of rotatable bonds is 3. The molecule has 0 aromatic heterocycles. The van der Waals surface area contributed by atoms with Gasteiger partial charge in [0.15, 0.2) is 0 Å². The van der Waals surface area contributed by atoms with Crippen molar-refractivity contribution in [2.75, 3.05) is 26.2 Å². The summed E-state index contributed by atoms with van der Waals surface area (Å²) < 4.78 is 118. The minimum atomic E-state index is -5.19. The molecule has 0 saturated carbocycles. The van der Waals surface area contributed by atoms with Gasteiger partial charge in [-0.2, -0.15) is 30.6 Å². The van der Waals surface area contributed by atoms with E-state index in [1.54, 1.807) is 0 Å². The van der Waals surface area contributed by atoms with Gasteiger partial charge in [-0.05, 0) is 36.4 Å². The van der Waals surface area contributed by atoms with E-state index in [0.29, 0.717) is 4.31 Å². The summed E-state index contributed by atoms with van der Waals surface area (Å²) in [6.45, 7) is -1.08. The summed E-state index contributed by atoms with van der Waals surface area (Å²) in [6.07, 6.45) is -10.4. The van der Waals surface area contributed by atoms with Crippen molar-refractivity contribution in [3.63, 3.8) is 0 Å². The van der Waals surface area contributed by atoms with E-state index in [1.165, 1.54) is 17.0 Å². The Kier molecular flexibility index (Phi) is 6.26. The van der Waals surface area contributed by atoms with Gasteiger partial charge in [0, 0.05) is 31.7 Å². The number of carbonyl (C=O) groups excluding carboxylic acids is 1. The number of piperazine rings is 1. The number of nitrogens with zero attached hydrogens (tertiary/aromatic N) is 2. The smallest absolute Gasteiger partial charge is 0.336 e. The van der Waals surface area contributed by atoms with Crippen LogP contribution in [0.1, 0.15) is 21.5 Å². The maximum absolute atomic E-state index is 13.3. The quantitative estimate of drug-likeness (QED) is 0.619. The summed E-state index contributed by atoms with van der Waals surface area (Å²) in [4.78, 5) is 12.5. The monoisotopic (exact) mass is 484 g/mol. The molecule has 0 radical (unpaired) electrons. The van der Waals surface area contributed by atoms with Crippen molar-refractivity contribution in [2.45, 2.75) is 17.2 Å². The Balaban J connectivity index is 1.84. The number of sulfonamides is 1. The highest BCUT2D eigenvalue weighted by Gasteiger charge is 2.39. The van der Waals surface area contributed by atoms with E-state index in [2.05, 4.69) is 0 Å². The van der Waals surface area contributed by atoms with Gasteiger partial charge >= 0.3 is 12.4 Å². The number of hydrogen-bond acceptors (Lipinski definition) is 3. The minimum absolute atomic E-state index is 0.0222. The van der Waals surface area contributed by atoms with E-state index in [9.17, 15) is 43.9 Å². The van der Waals surface area contributed by atoms with E-state index in [1.807, 2.05) is 0 Å². The molecule has 1 aliphatic heterocycles. The maximum atomic E-state index is 13.3. The third-order valence-electron chi connectivity index (χ3n) is 4.80. The highest BCUT2D eigenvalue weighted by atomic mass is 32.2. The SMILES string of the molecule is O=C(c1cccc(F)c1)N1CCN(S(=O)(=O)c2cc(C(F)(F)F)cc(C(F)(F)F)c2)CC1. The Morgan fingerprint density at radius 2 is 1.34 bits per heavy atom. The van der Waals surface area contributed by atoms with Gasteiger partial charge in [-0.15, -0.1) is 0 Å². The molecule has 174 valence electrons. The summed E-state index contributed by atoms with van der Waals surface area (Å²) >= 11 is 0. The number of alkyl halides is 6. The van der Waals surface area contributed by atoms with Crippen molar-refractivity contribution < 1.29 is 43.9 Å². The lowest BCUT2D eigenvalue weighted by Crippen LogP contribution is -2.50. The van der Waals surface area contributed by atoms with Crippen LogP contribution in [-0.4, -0.2) is 49.7 Å². The highest BCUT2D eigenvalue weighted by molar-refractivity contribution is 7.89. The molecule has 32 heavy (non-hydrogen) atoms. The Morgan fingerprint density at radius 1 is 0.812 bits per heavy atom. The van der Waals surface area contributed by atoms with Crippen LogP contribution in [0.3, 0.4) is 0 Å². The molecule has 3 rings (SSSR count). The van der Waals surface area contributed by atoms with Gasteiger partial charge in [0.05, 0.1) is 16.0 Å². The number of benzene rings is 2. The molecule has 0 aliphatic carbocycles. The fraction of sp³-hybridized carbons (Fsp3) is 0.316. The predicted molar refractivity (Wildman–Crippen MR) is 97.5 cm³/mol. The van der Waals surface area contributed by atoms with Crippen LogP contribution >= 0.6 is 0 Å². The maximum Gasteiger partial charge on any atom is 0.416 e. The zero-order valence-electron chi connectivity index (χ0n) is 16.0. The first kappa shape index (κ1) is 24.0. The first-order valence-electron chi connectivity index (χ1n) is 9.04. The van der Waals surface area contributed by atoms with E-state index in [-0.39, 0.29) is 49.9 Å². The molecule has 0 unspecified atom stereocenters.